The summed E-state index contributed by atoms with van der Waals surface area (Å²) in [5, 5.41) is 10.2. The molecule has 0 aliphatic carbocycles. The van der Waals surface area contributed by atoms with E-state index in [1.54, 1.807) is 11.7 Å². The Hall–Kier alpha value is -2.96. The monoisotopic (exact) mass is 326 g/mol. The summed E-state index contributed by atoms with van der Waals surface area (Å²) in [5.74, 6) is -0.558. The summed E-state index contributed by atoms with van der Waals surface area (Å²) in [6, 6.07) is 1.47. The minimum Gasteiger partial charge on any atom is -0.480 e. The van der Waals surface area contributed by atoms with Gasteiger partial charge in [0, 0.05) is 12.4 Å². The fraction of sp³-hybridized carbons (Fsp3) is 0.294. The SMILES string of the molecule is COc1ncnc2c1c(C(C)(C)C)cn2-c1cnccc1C(=O)O. The predicted molar refractivity (Wildman–Crippen MR) is 88.9 cm³/mol. The van der Waals surface area contributed by atoms with Crippen LogP contribution >= 0.6 is 0 Å². The van der Waals surface area contributed by atoms with E-state index in [1.807, 2.05) is 6.20 Å². The van der Waals surface area contributed by atoms with Crippen molar-refractivity contribution < 1.29 is 14.6 Å². The van der Waals surface area contributed by atoms with Gasteiger partial charge in [0.2, 0.25) is 5.88 Å². The molecule has 1 N–H and O–H groups in total. The number of aromatic carboxylic acids is 1. The average Bonchev–Trinajstić information content (AvgIpc) is 2.94. The molecule has 0 unspecified atom stereocenters. The summed E-state index contributed by atoms with van der Waals surface area (Å²) < 4.78 is 7.13. The van der Waals surface area contributed by atoms with Crippen LogP contribution in [0.4, 0.5) is 0 Å². The largest absolute Gasteiger partial charge is 0.480 e. The van der Waals surface area contributed by atoms with E-state index < -0.39 is 5.97 Å². The first-order valence-corrected chi connectivity index (χ1v) is 7.42. The highest BCUT2D eigenvalue weighted by molar-refractivity contribution is 5.94. The van der Waals surface area contributed by atoms with E-state index in [9.17, 15) is 9.90 Å². The van der Waals surface area contributed by atoms with Crippen molar-refractivity contribution >= 4 is 17.0 Å². The van der Waals surface area contributed by atoms with Crippen molar-refractivity contribution in [2.24, 2.45) is 0 Å². The molecule has 0 fully saturated rings. The molecule has 0 aliphatic rings. The molecule has 24 heavy (non-hydrogen) atoms. The Morgan fingerprint density at radius 2 is 2.04 bits per heavy atom. The Morgan fingerprint density at radius 1 is 1.29 bits per heavy atom. The Bertz CT molecular complexity index is 925. The van der Waals surface area contributed by atoms with Gasteiger partial charge in [-0.25, -0.2) is 14.8 Å². The summed E-state index contributed by atoms with van der Waals surface area (Å²) in [6.07, 6.45) is 6.26. The Labute approximate surface area is 139 Å². The fourth-order valence-corrected chi connectivity index (χ4v) is 2.70. The summed E-state index contributed by atoms with van der Waals surface area (Å²) in [6.45, 7) is 6.21. The van der Waals surface area contributed by atoms with Gasteiger partial charge >= 0.3 is 5.97 Å². The molecule has 3 heterocycles. The maximum absolute atomic E-state index is 11.6. The van der Waals surface area contributed by atoms with Crippen molar-refractivity contribution in [2.45, 2.75) is 26.2 Å². The molecule has 0 aliphatic heterocycles. The molecule has 124 valence electrons. The third kappa shape index (κ3) is 2.47. The molecule has 0 spiro atoms. The van der Waals surface area contributed by atoms with E-state index in [4.69, 9.17) is 4.74 Å². The maximum Gasteiger partial charge on any atom is 0.337 e. The molecule has 7 nitrogen and oxygen atoms in total. The van der Waals surface area contributed by atoms with Crippen LogP contribution in [0.5, 0.6) is 5.88 Å². The number of hydrogen-bond donors (Lipinski definition) is 1. The van der Waals surface area contributed by atoms with Crippen molar-refractivity contribution in [3.63, 3.8) is 0 Å². The Balaban J connectivity index is 2.42. The van der Waals surface area contributed by atoms with Crippen molar-refractivity contribution in [3.8, 4) is 11.6 Å². The minimum atomic E-state index is -1.02. The lowest BCUT2D eigenvalue weighted by Gasteiger charge is -2.17. The zero-order chi connectivity index (χ0) is 17.5. The molecule has 0 saturated carbocycles. The average molecular weight is 326 g/mol. The number of fused-ring (bicyclic) bond motifs is 1. The van der Waals surface area contributed by atoms with Gasteiger partial charge in [-0.05, 0) is 17.0 Å². The van der Waals surface area contributed by atoms with Crippen LogP contribution in [0.15, 0.2) is 31.0 Å². The number of aromatic nitrogens is 4. The van der Waals surface area contributed by atoms with Crippen LogP contribution in [0.3, 0.4) is 0 Å². The van der Waals surface area contributed by atoms with Gasteiger partial charge in [-0.3, -0.25) is 9.55 Å². The van der Waals surface area contributed by atoms with Gasteiger partial charge in [0.25, 0.3) is 0 Å². The molecule has 3 aromatic heterocycles. The van der Waals surface area contributed by atoms with Crippen molar-refractivity contribution in [1.82, 2.24) is 19.5 Å². The number of hydrogen-bond acceptors (Lipinski definition) is 5. The second kappa shape index (κ2) is 5.59. The molecule has 3 aromatic rings. The third-order valence-electron chi connectivity index (χ3n) is 3.84. The zero-order valence-electron chi connectivity index (χ0n) is 13.9. The molecular weight excluding hydrogens is 308 g/mol. The fourth-order valence-electron chi connectivity index (χ4n) is 2.70. The highest BCUT2D eigenvalue weighted by Crippen LogP contribution is 2.36. The lowest BCUT2D eigenvalue weighted by molar-refractivity contribution is 0.0697. The van der Waals surface area contributed by atoms with E-state index in [0.717, 1.165) is 10.9 Å². The number of pyridine rings is 1. The number of carbonyl (C=O) groups is 1. The lowest BCUT2D eigenvalue weighted by atomic mass is 9.87. The smallest absolute Gasteiger partial charge is 0.337 e. The van der Waals surface area contributed by atoms with Crippen LogP contribution in [-0.2, 0) is 5.41 Å². The van der Waals surface area contributed by atoms with Gasteiger partial charge in [0.1, 0.15) is 6.33 Å². The maximum atomic E-state index is 11.6. The topological polar surface area (TPSA) is 90.1 Å². The second-order valence-corrected chi connectivity index (χ2v) is 6.44. The van der Waals surface area contributed by atoms with Crippen LogP contribution in [0.2, 0.25) is 0 Å². The van der Waals surface area contributed by atoms with Crippen molar-refractivity contribution in [2.75, 3.05) is 7.11 Å². The highest BCUT2D eigenvalue weighted by atomic mass is 16.5. The van der Waals surface area contributed by atoms with E-state index >= 15 is 0 Å². The van der Waals surface area contributed by atoms with E-state index in [0.29, 0.717) is 17.2 Å². The van der Waals surface area contributed by atoms with Gasteiger partial charge in [0.05, 0.1) is 29.9 Å². The van der Waals surface area contributed by atoms with Gasteiger partial charge < -0.3 is 9.84 Å². The zero-order valence-corrected chi connectivity index (χ0v) is 13.9. The molecule has 7 heteroatoms. The van der Waals surface area contributed by atoms with Crippen LogP contribution in [-0.4, -0.2) is 37.7 Å². The summed E-state index contributed by atoms with van der Waals surface area (Å²) >= 11 is 0. The van der Waals surface area contributed by atoms with Crippen LogP contribution in [0, 0.1) is 0 Å². The van der Waals surface area contributed by atoms with Gasteiger partial charge in [0.15, 0.2) is 5.65 Å². The molecule has 0 radical (unpaired) electrons. The predicted octanol–water partition coefficient (Wildman–Crippen LogP) is 2.82. The minimum absolute atomic E-state index is 0.153. The van der Waals surface area contributed by atoms with E-state index in [-0.39, 0.29) is 11.0 Å². The van der Waals surface area contributed by atoms with E-state index in [1.165, 1.54) is 24.8 Å². The molecule has 0 bridgehead atoms. The van der Waals surface area contributed by atoms with Gasteiger partial charge in [-0.15, -0.1) is 0 Å². The first-order chi connectivity index (χ1) is 11.3. The molecule has 3 rings (SSSR count). The number of carboxylic acid groups (broad SMARTS) is 1. The first-order valence-electron chi connectivity index (χ1n) is 7.42. The normalized spacial score (nSPS) is 11.7. The third-order valence-corrected chi connectivity index (χ3v) is 3.84. The van der Waals surface area contributed by atoms with Crippen LogP contribution in [0.25, 0.3) is 16.7 Å². The number of rotatable bonds is 3. The summed E-state index contributed by atoms with van der Waals surface area (Å²) in [4.78, 5) is 24.2. The molecular formula is C17H18N4O3. The first kappa shape index (κ1) is 15.9. The van der Waals surface area contributed by atoms with Gasteiger partial charge in [-0.2, -0.15) is 0 Å². The molecule has 0 amide bonds. The van der Waals surface area contributed by atoms with Crippen molar-refractivity contribution in [1.29, 1.82) is 0 Å². The summed E-state index contributed by atoms with van der Waals surface area (Å²) in [5.41, 5.74) is 1.95. The van der Waals surface area contributed by atoms with Crippen LogP contribution in [0.1, 0.15) is 36.7 Å². The summed E-state index contributed by atoms with van der Waals surface area (Å²) in [7, 11) is 1.55. The van der Waals surface area contributed by atoms with Gasteiger partial charge in [-0.1, -0.05) is 20.8 Å². The molecule has 0 aromatic carbocycles. The number of nitrogens with zero attached hydrogens (tertiary/aromatic N) is 4. The lowest BCUT2D eigenvalue weighted by Crippen LogP contribution is -2.11. The van der Waals surface area contributed by atoms with Crippen LogP contribution < -0.4 is 4.74 Å². The highest BCUT2D eigenvalue weighted by Gasteiger charge is 2.26. The standard InChI is InChI=1S/C17H18N4O3/c1-17(2,3)11-8-21(12-7-18-6-5-10(12)16(22)23)14-13(11)15(24-4)20-9-19-14/h5-9H,1-4H3,(H,22,23). The number of carboxylic acids is 1. The number of methoxy groups -OCH3 is 1. The second-order valence-electron chi connectivity index (χ2n) is 6.44. The number of ether oxygens (including phenoxy) is 1. The molecule has 0 saturated heterocycles. The Morgan fingerprint density at radius 3 is 2.67 bits per heavy atom. The quantitative estimate of drug-likeness (QED) is 0.796. The Kier molecular flexibility index (Phi) is 3.71. The van der Waals surface area contributed by atoms with E-state index in [2.05, 4.69) is 35.7 Å². The van der Waals surface area contributed by atoms with Crippen molar-refractivity contribution in [3.05, 3.63) is 42.1 Å². The molecule has 0 atom stereocenters.